The minimum Gasteiger partial charge on any atom is -0.388 e. The number of nitriles is 1. The molecule has 3 fully saturated rings. The summed E-state index contributed by atoms with van der Waals surface area (Å²) < 4.78 is 8.09. The topological polar surface area (TPSA) is 86.3 Å². The van der Waals surface area contributed by atoms with Gasteiger partial charge in [0.1, 0.15) is 6.07 Å². The van der Waals surface area contributed by atoms with Crippen molar-refractivity contribution in [2.45, 2.75) is 50.2 Å². The molecular formula is C17H25Cl2N5O2. The van der Waals surface area contributed by atoms with Gasteiger partial charge in [0.05, 0.1) is 36.2 Å². The smallest absolute Gasteiger partial charge is 0.161 e. The molecule has 26 heavy (non-hydrogen) atoms. The highest BCUT2D eigenvalue weighted by molar-refractivity contribution is 5.85. The van der Waals surface area contributed by atoms with Crippen molar-refractivity contribution in [3.05, 3.63) is 23.5 Å². The van der Waals surface area contributed by atoms with E-state index in [4.69, 9.17) is 4.74 Å². The molecular weight excluding hydrogens is 377 g/mol. The summed E-state index contributed by atoms with van der Waals surface area (Å²) in [4.78, 5) is 2.33. The molecule has 4 aliphatic heterocycles. The van der Waals surface area contributed by atoms with Crippen LogP contribution in [0.4, 0.5) is 0 Å². The highest BCUT2D eigenvalue weighted by Crippen LogP contribution is 2.34. The third kappa shape index (κ3) is 3.77. The van der Waals surface area contributed by atoms with Crippen LogP contribution in [0, 0.1) is 11.3 Å². The number of nitrogens with one attached hydrogen (secondary N) is 1. The Bertz CT molecular complexity index is 708. The normalized spacial score (nSPS) is 29.6. The van der Waals surface area contributed by atoms with Gasteiger partial charge in [-0.25, -0.2) is 0 Å². The van der Waals surface area contributed by atoms with Crippen LogP contribution in [0.15, 0.2) is 12.3 Å². The Labute approximate surface area is 165 Å². The largest absolute Gasteiger partial charge is 0.388 e. The zero-order chi connectivity index (χ0) is 16.9. The predicted molar refractivity (Wildman–Crippen MR) is 102 cm³/mol. The van der Waals surface area contributed by atoms with Crippen molar-refractivity contribution < 1.29 is 9.84 Å². The number of rotatable bonds is 4. The zero-order valence-electron chi connectivity index (χ0n) is 14.9. The van der Waals surface area contributed by atoms with Crippen LogP contribution in [0.25, 0.3) is 6.08 Å². The average Bonchev–Trinajstić information content (AvgIpc) is 2.93. The monoisotopic (exact) mass is 401 g/mol. The van der Waals surface area contributed by atoms with Gasteiger partial charge in [-0.15, -0.1) is 24.8 Å². The maximum absolute atomic E-state index is 10.1. The number of fused-ring (bicyclic) bond motifs is 3. The minimum absolute atomic E-state index is 0. The van der Waals surface area contributed by atoms with Gasteiger partial charge >= 0.3 is 0 Å². The third-order valence-corrected chi connectivity index (χ3v) is 5.01. The Balaban J connectivity index is 0.00000121. The Morgan fingerprint density at radius 2 is 2.08 bits per heavy atom. The van der Waals surface area contributed by atoms with Crippen molar-refractivity contribution in [1.82, 2.24) is 20.0 Å². The Hall–Kier alpha value is -1.14. The van der Waals surface area contributed by atoms with Gasteiger partial charge in [0.25, 0.3) is 0 Å². The van der Waals surface area contributed by atoms with E-state index in [2.05, 4.69) is 21.4 Å². The number of hydrogen-bond acceptors (Lipinski definition) is 6. The van der Waals surface area contributed by atoms with Crippen molar-refractivity contribution >= 4 is 30.9 Å². The fourth-order valence-corrected chi connectivity index (χ4v) is 3.77. The first-order chi connectivity index (χ1) is 11.4. The number of aliphatic hydroxyl groups is 1. The van der Waals surface area contributed by atoms with E-state index in [9.17, 15) is 10.4 Å². The molecule has 0 radical (unpaired) electrons. The number of piperidine rings is 1. The molecule has 0 aromatic carbocycles. The molecule has 0 aliphatic carbocycles. The van der Waals surface area contributed by atoms with Crippen LogP contribution in [0.3, 0.4) is 0 Å². The fraction of sp³-hybridized carbons (Fsp3) is 0.647. The lowest BCUT2D eigenvalue weighted by Crippen LogP contribution is -2.72. The van der Waals surface area contributed by atoms with Crippen molar-refractivity contribution in [2.75, 3.05) is 19.7 Å². The highest BCUT2D eigenvalue weighted by atomic mass is 35.5. The van der Waals surface area contributed by atoms with Gasteiger partial charge in [-0.2, -0.15) is 10.4 Å². The minimum atomic E-state index is -0.903. The summed E-state index contributed by atoms with van der Waals surface area (Å²) in [5.41, 5.74) is -0.143. The van der Waals surface area contributed by atoms with Crippen LogP contribution in [0.2, 0.25) is 0 Å². The second-order valence-corrected chi connectivity index (χ2v) is 7.69. The van der Waals surface area contributed by atoms with Crippen LogP contribution in [0.5, 0.6) is 0 Å². The Kier molecular flexibility index (Phi) is 6.08. The van der Waals surface area contributed by atoms with Crippen molar-refractivity contribution in [3.63, 3.8) is 0 Å². The maximum Gasteiger partial charge on any atom is 0.161 e. The van der Waals surface area contributed by atoms with Gasteiger partial charge in [-0.1, -0.05) is 0 Å². The van der Waals surface area contributed by atoms with Gasteiger partial charge in [-0.3, -0.25) is 9.58 Å². The summed E-state index contributed by atoms with van der Waals surface area (Å²) >= 11 is 0. The average molecular weight is 402 g/mol. The summed E-state index contributed by atoms with van der Waals surface area (Å²) in [7, 11) is 0. The van der Waals surface area contributed by atoms with E-state index in [1.54, 1.807) is 20.0 Å². The molecule has 1 aromatic rings. The molecule has 0 amide bonds. The van der Waals surface area contributed by atoms with Crippen molar-refractivity contribution in [2.24, 2.45) is 0 Å². The zero-order valence-corrected chi connectivity index (χ0v) is 16.5. The van der Waals surface area contributed by atoms with Crippen molar-refractivity contribution in [1.29, 1.82) is 5.26 Å². The fourth-order valence-electron chi connectivity index (χ4n) is 3.77. The summed E-state index contributed by atoms with van der Waals surface area (Å²) in [6, 6.07) is 3.19. The van der Waals surface area contributed by atoms with Crippen molar-refractivity contribution in [3.8, 4) is 6.07 Å². The lowest BCUT2D eigenvalue weighted by atomic mass is 9.89. The first-order valence-corrected chi connectivity index (χ1v) is 8.41. The van der Waals surface area contributed by atoms with E-state index < -0.39 is 11.3 Å². The Morgan fingerprint density at radius 3 is 2.65 bits per heavy atom. The van der Waals surface area contributed by atoms with Gasteiger partial charge < -0.3 is 15.2 Å². The van der Waals surface area contributed by atoms with Crippen LogP contribution in [-0.2, 0) is 11.3 Å². The summed E-state index contributed by atoms with van der Waals surface area (Å²) in [5, 5.41) is 27.2. The molecule has 5 heterocycles. The van der Waals surface area contributed by atoms with Gasteiger partial charge in [0.15, 0.2) is 5.72 Å². The van der Waals surface area contributed by atoms with Crippen LogP contribution < -0.4 is 5.32 Å². The summed E-state index contributed by atoms with van der Waals surface area (Å²) in [5.74, 6) is 0. The second kappa shape index (κ2) is 7.47. The third-order valence-electron chi connectivity index (χ3n) is 5.01. The molecule has 3 atom stereocenters. The maximum atomic E-state index is 10.1. The molecule has 0 spiro atoms. The van der Waals surface area contributed by atoms with E-state index in [0.717, 1.165) is 18.8 Å². The van der Waals surface area contributed by atoms with E-state index >= 15 is 0 Å². The Morgan fingerprint density at radius 1 is 1.42 bits per heavy atom. The number of hydrogen-bond donors (Lipinski definition) is 2. The lowest BCUT2D eigenvalue weighted by Gasteiger charge is -2.54. The molecule has 4 aliphatic rings. The van der Waals surface area contributed by atoms with Crippen LogP contribution in [-0.4, -0.2) is 62.9 Å². The lowest BCUT2D eigenvalue weighted by molar-refractivity contribution is -0.184. The molecule has 144 valence electrons. The SMILES string of the molecule is CC(C)(O)COC1(N2CC3CC(C2)N3)C=Cc2c(C#N)cnn2C1.Cl.Cl. The van der Waals surface area contributed by atoms with E-state index in [0.29, 0.717) is 24.2 Å². The van der Waals surface area contributed by atoms with E-state index in [1.807, 2.05) is 16.8 Å². The molecule has 9 heteroatoms. The van der Waals surface area contributed by atoms with Gasteiger partial charge in [0.2, 0.25) is 0 Å². The number of ether oxygens (including phenoxy) is 1. The molecule has 3 unspecified atom stereocenters. The number of aromatic nitrogens is 2. The molecule has 1 aromatic heterocycles. The molecule has 2 N–H and O–H groups in total. The molecule has 5 rings (SSSR count). The number of nitrogens with zero attached hydrogens (tertiary/aromatic N) is 4. The van der Waals surface area contributed by atoms with Gasteiger partial charge in [-0.05, 0) is 32.4 Å². The molecule has 7 nitrogen and oxygen atoms in total. The quantitative estimate of drug-likeness (QED) is 0.786. The molecule has 0 saturated carbocycles. The summed E-state index contributed by atoms with van der Waals surface area (Å²) in [6.07, 6.45) is 6.77. The predicted octanol–water partition coefficient (Wildman–Crippen LogP) is 1.16. The standard InChI is InChI=1S/C17H23N5O2.2ClH/c1-16(2,23)11-24-17(21-8-13-5-14(9-21)20-13)4-3-15-12(6-18)7-19-22(15)10-17;;/h3-4,7,13-14,20,23H,5,8-11H2,1-2H3;2*1H. The number of halogens is 2. The highest BCUT2D eigenvalue weighted by Gasteiger charge is 2.47. The van der Waals surface area contributed by atoms with E-state index in [-0.39, 0.29) is 31.4 Å². The second-order valence-electron chi connectivity index (χ2n) is 7.69. The first kappa shape index (κ1) is 21.2. The van der Waals surface area contributed by atoms with E-state index in [1.165, 1.54) is 6.42 Å². The first-order valence-electron chi connectivity index (χ1n) is 8.41. The van der Waals surface area contributed by atoms with Gasteiger partial charge in [0, 0.05) is 25.2 Å². The molecule has 3 saturated heterocycles. The number of piperazine rings is 1. The van der Waals surface area contributed by atoms with Crippen LogP contribution >= 0.6 is 24.8 Å². The summed E-state index contributed by atoms with van der Waals surface area (Å²) in [6.45, 7) is 6.07. The molecule has 2 bridgehead atoms. The van der Waals surface area contributed by atoms with Crippen LogP contribution in [0.1, 0.15) is 31.5 Å².